The molecule has 0 radical (unpaired) electrons. The van der Waals surface area contributed by atoms with E-state index in [9.17, 15) is 18.3 Å². The number of carbonyl (C=O) groups is 1. The van der Waals surface area contributed by atoms with Crippen LogP contribution in [0.25, 0.3) is 11.0 Å². The second kappa shape index (κ2) is 7.94. The summed E-state index contributed by atoms with van der Waals surface area (Å²) < 4.78 is 32.2. The minimum absolute atomic E-state index is 0.118. The van der Waals surface area contributed by atoms with E-state index in [2.05, 4.69) is 10.3 Å². The molecule has 0 saturated carbocycles. The lowest BCUT2D eigenvalue weighted by Gasteiger charge is -2.29. The quantitative estimate of drug-likeness (QED) is 0.658. The summed E-state index contributed by atoms with van der Waals surface area (Å²) in [6.45, 7) is 0.758. The van der Waals surface area contributed by atoms with Gasteiger partial charge in [-0.25, -0.2) is 8.42 Å². The number of aromatic nitrogens is 1. The Hall–Kier alpha value is -2.75. The molecule has 8 nitrogen and oxygen atoms in total. The molecule has 3 aromatic rings. The molecule has 1 aliphatic heterocycles. The number of pyridine rings is 1. The summed E-state index contributed by atoms with van der Waals surface area (Å²) in [6, 6.07) is 9.77. The van der Waals surface area contributed by atoms with E-state index in [0.717, 1.165) is 10.9 Å². The number of fused-ring (bicyclic) bond motifs is 1. The van der Waals surface area contributed by atoms with E-state index in [1.54, 1.807) is 36.7 Å². The summed E-state index contributed by atoms with van der Waals surface area (Å²) in [5, 5.41) is 13.3. The number of nitrogens with one attached hydrogen (secondary N) is 1. The summed E-state index contributed by atoms with van der Waals surface area (Å²) in [7, 11) is -3.64. The van der Waals surface area contributed by atoms with Crippen LogP contribution in [0.1, 0.15) is 29.0 Å². The Morgan fingerprint density at radius 3 is 2.79 bits per heavy atom. The van der Waals surface area contributed by atoms with E-state index in [4.69, 9.17) is 4.42 Å². The third kappa shape index (κ3) is 4.16. The summed E-state index contributed by atoms with van der Waals surface area (Å²) in [5.74, 6) is -0.170. The van der Waals surface area contributed by atoms with Crippen molar-refractivity contribution in [3.8, 4) is 0 Å². The monoisotopic (exact) mass is 415 g/mol. The molecule has 0 aliphatic carbocycles. The third-order valence-corrected chi connectivity index (χ3v) is 6.80. The molecule has 9 heteroatoms. The maximum atomic E-state index is 12.7. The standard InChI is InChI=1S/C20H21N3O5S/c24-16-2-1-9-23(13-16)29(26,27)17-5-3-14(4-6-17)11-22-20(25)18-10-15-7-8-21-12-19(15)28-18/h3-8,10,12,16,24H,1-2,9,11,13H2,(H,22,25). The predicted molar refractivity (Wildman–Crippen MR) is 106 cm³/mol. The molecule has 0 bridgehead atoms. The highest BCUT2D eigenvalue weighted by molar-refractivity contribution is 7.89. The Balaban J connectivity index is 1.41. The third-order valence-electron chi connectivity index (χ3n) is 4.92. The van der Waals surface area contributed by atoms with Gasteiger partial charge in [-0.3, -0.25) is 9.78 Å². The van der Waals surface area contributed by atoms with Gasteiger partial charge in [0, 0.05) is 31.2 Å². The number of amides is 1. The first-order chi connectivity index (χ1) is 13.9. The van der Waals surface area contributed by atoms with Gasteiger partial charge in [-0.2, -0.15) is 4.31 Å². The summed E-state index contributed by atoms with van der Waals surface area (Å²) in [6.07, 6.45) is 3.81. The molecule has 4 rings (SSSR count). The maximum Gasteiger partial charge on any atom is 0.287 e. The number of piperidine rings is 1. The van der Waals surface area contributed by atoms with E-state index in [-0.39, 0.29) is 29.7 Å². The SMILES string of the molecule is O=C(NCc1ccc(S(=O)(=O)N2CCCC(O)C2)cc1)c1cc2ccncc2o1. The number of benzene rings is 1. The lowest BCUT2D eigenvalue weighted by Crippen LogP contribution is -2.42. The molecule has 0 spiro atoms. The summed E-state index contributed by atoms with van der Waals surface area (Å²) in [4.78, 5) is 16.4. The van der Waals surface area contributed by atoms with Crippen molar-refractivity contribution >= 4 is 26.9 Å². The van der Waals surface area contributed by atoms with Crippen LogP contribution in [0.4, 0.5) is 0 Å². The Labute approximate surface area is 168 Å². The maximum absolute atomic E-state index is 12.7. The highest BCUT2D eigenvalue weighted by Crippen LogP contribution is 2.21. The van der Waals surface area contributed by atoms with Crippen molar-refractivity contribution in [1.82, 2.24) is 14.6 Å². The van der Waals surface area contributed by atoms with Gasteiger partial charge in [0.05, 0.1) is 17.2 Å². The zero-order chi connectivity index (χ0) is 20.4. The zero-order valence-electron chi connectivity index (χ0n) is 15.6. The molecule has 1 aromatic carbocycles. The van der Waals surface area contributed by atoms with E-state index in [0.29, 0.717) is 25.0 Å². The van der Waals surface area contributed by atoms with Crippen LogP contribution in [0, 0.1) is 0 Å². The predicted octanol–water partition coefficient (Wildman–Crippen LogP) is 1.90. The normalized spacial score (nSPS) is 18.0. The molecule has 2 aromatic heterocycles. The minimum Gasteiger partial charge on any atom is -0.449 e. The first-order valence-corrected chi connectivity index (χ1v) is 10.8. The number of hydrogen-bond acceptors (Lipinski definition) is 6. The van der Waals surface area contributed by atoms with Gasteiger partial charge in [0.15, 0.2) is 11.3 Å². The van der Waals surface area contributed by atoms with Crippen LogP contribution in [-0.2, 0) is 16.6 Å². The Morgan fingerprint density at radius 1 is 1.28 bits per heavy atom. The van der Waals surface area contributed by atoms with Gasteiger partial charge < -0.3 is 14.8 Å². The number of furan rings is 1. The molecule has 29 heavy (non-hydrogen) atoms. The van der Waals surface area contributed by atoms with E-state index in [1.165, 1.54) is 16.4 Å². The summed E-state index contributed by atoms with van der Waals surface area (Å²) >= 11 is 0. The van der Waals surface area contributed by atoms with E-state index >= 15 is 0 Å². The Morgan fingerprint density at radius 2 is 2.07 bits per heavy atom. The van der Waals surface area contributed by atoms with Crippen molar-refractivity contribution < 1.29 is 22.7 Å². The van der Waals surface area contributed by atoms with Crippen LogP contribution < -0.4 is 5.32 Å². The zero-order valence-corrected chi connectivity index (χ0v) is 16.4. The molecule has 1 saturated heterocycles. The van der Waals surface area contributed by atoms with Crippen LogP contribution in [0.5, 0.6) is 0 Å². The number of rotatable bonds is 5. The van der Waals surface area contributed by atoms with Crippen LogP contribution in [0.2, 0.25) is 0 Å². The lowest BCUT2D eigenvalue weighted by molar-refractivity contribution is 0.0925. The highest BCUT2D eigenvalue weighted by Gasteiger charge is 2.29. The second-order valence-electron chi connectivity index (χ2n) is 7.01. The van der Waals surface area contributed by atoms with Gasteiger partial charge in [-0.15, -0.1) is 0 Å². The number of carbonyl (C=O) groups excluding carboxylic acids is 1. The van der Waals surface area contributed by atoms with Crippen LogP contribution in [-0.4, -0.2) is 47.9 Å². The van der Waals surface area contributed by atoms with Crippen molar-refractivity contribution in [2.45, 2.75) is 30.4 Å². The van der Waals surface area contributed by atoms with Gasteiger partial charge in [0.25, 0.3) is 5.91 Å². The first-order valence-electron chi connectivity index (χ1n) is 9.32. The van der Waals surface area contributed by atoms with Crippen molar-refractivity contribution in [2.75, 3.05) is 13.1 Å². The largest absolute Gasteiger partial charge is 0.449 e. The molecule has 152 valence electrons. The van der Waals surface area contributed by atoms with Crippen molar-refractivity contribution in [1.29, 1.82) is 0 Å². The van der Waals surface area contributed by atoms with Crippen LogP contribution >= 0.6 is 0 Å². The molecule has 1 atom stereocenters. The number of nitrogens with zero attached hydrogens (tertiary/aromatic N) is 2. The van der Waals surface area contributed by atoms with Crippen molar-refractivity contribution in [3.05, 3.63) is 60.1 Å². The average molecular weight is 415 g/mol. The van der Waals surface area contributed by atoms with Gasteiger partial charge in [-0.1, -0.05) is 12.1 Å². The number of aliphatic hydroxyl groups excluding tert-OH is 1. The number of β-amino-alcohol motifs (C(OH)–C–C–N with tert-alkyl or cyclic N) is 1. The van der Waals surface area contributed by atoms with Gasteiger partial charge in [0.2, 0.25) is 10.0 Å². The fraction of sp³-hybridized carbons (Fsp3) is 0.300. The average Bonchev–Trinajstić information content (AvgIpc) is 3.17. The van der Waals surface area contributed by atoms with Crippen LogP contribution in [0.15, 0.2) is 58.1 Å². The topological polar surface area (TPSA) is 113 Å². The first kappa shape index (κ1) is 19.6. The number of hydrogen-bond donors (Lipinski definition) is 2. The van der Waals surface area contributed by atoms with Crippen LogP contribution in [0.3, 0.4) is 0 Å². The highest BCUT2D eigenvalue weighted by atomic mass is 32.2. The fourth-order valence-electron chi connectivity index (χ4n) is 3.33. The molecule has 1 unspecified atom stereocenters. The fourth-order valence-corrected chi connectivity index (χ4v) is 4.85. The van der Waals surface area contributed by atoms with Gasteiger partial charge >= 0.3 is 0 Å². The Kier molecular flexibility index (Phi) is 5.35. The second-order valence-corrected chi connectivity index (χ2v) is 8.95. The van der Waals surface area contributed by atoms with E-state index < -0.39 is 16.1 Å². The van der Waals surface area contributed by atoms with Crippen molar-refractivity contribution in [2.24, 2.45) is 0 Å². The van der Waals surface area contributed by atoms with Gasteiger partial charge in [0.1, 0.15) is 0 Å². The molecule has 1 aliphatic rings. The summed E-state index contributed by atoms with van der Waals surface area (Å²) in [5.41, 5.74) is 1.30. The number of aliphatic hydroxyl groups is 1. The smallest absolute Gasteiger partial charge is 0.287 e. The molecular formula is C20H21N3O5S. The number of sulfonamides is 1. The molecule has 3 heterocycles. The Bertz CT molecular complexity index is 1090. The molecule has 1 amide bonds. The minimum atomic E-state index is -3.64. The molecular weight excluding hydrogens is 394 g/mol. The van der Waals surface area contributed by atoms with E-state index in [1.807, 2.05) is 0 Å². The molecule has 2 N–H and O–H groups in total. The lowest BCUT2D eigenvalue weighted by atomic mass is 10.1. The van der Waals surface area contributed by atoms with Gasteiger partial charge in [-0.05, 0) is 42.7 Å². The van der Waals surface area contributed by atoms with Crippen molar-refractivity contribution in [3.63, 3.8) is 0 Å². The molecule has 1 fully saturated rings.